The van der Waals surface area contributed by atoms with Crippen LogP contribution in [0.2, 0.25) is 4.34 Å². The van der Waals surface area contributed by atoms with Gasteiger partial charge in [0, 0.05) is 34.9 Å². The first-order valence-electron chi connectivity index (χ1n) is 5.60. The van der Waals surface area contributed by atoms with E-state index in [1.807, 2.05) is 18.2 Å². The summed E-state index contributed by atoms with van der Waals surface area (Å²) in [6.45, 7) is 0.837. The molecule has 0 bridgehead atoms. The maximum absolute atomic E-state index is 5.88. The van der Waals surface area contributed by atoms with E-state index >= 15 is 0 Å². The molecule has 0 atom stereocenters. The van der Waals surface area contributed by atoms with Gasteiger partial charge in [-0.25, -0.2) is 0 Å². The largest absolute Gasteiger partial charge is 0.497 e. The fourth-order valence-electron chi connectivity index (χ4n) is 1.66. The Balaban J connectivity index is 1.91. The lowest BCUT2D eigenvalue weighted by Gasteiger charge is -2.08. The number of thiophene rings is 1. The number of ether oxygens (including phenoxy) is 1. The standard InChI is InChI=1S/C13H15ClN2OS/c1-17-11-7-9(15)6-10(8-11)16-5-4-12-2-3-13(14)18-12/h2-3,6-8,16H,4-5,15H2,1H3. The average molecular weight is 283 g/mol. The van der Waals surface area contributed by atoms with Crippen molar-refractivity contribution in [2.75, 3.05) is 24.7 Å². The smallest absolute Gasteiger partial charge is 0.122 e. The van der Waals surface area contributed by atoms with Crippen LogP contribution in [0.4, 0.5) is 11.4 Å². The van der Waals surface area contributed by atoms with Gasteiger partial charge in [0.15, 0.2) is 0 Å². The first kappa shape index (κ1) is 13.1. The predicted octanol–water partition coefficient (Wildman–Crippen LogP) is 3.65. The SMILES string of the molecule is COc1cc(N)cc(NCCc2ccc(Cl)s2)c1. The Labute approximate surface area is 116 Å². The van der Waals surface area contributed by atoms with E-state index in [1.54, 1.807) is 24.5 Å². The molecule has 5 heteroatoms. The second kappa shape index (κ2) is 5.98. The molecule has 0 aliphatic heterocycles. The Morgan fingerprint density at radius 2 is 2.17 bits per heavy atom. The normalized spacial score (nSPS) is 10.3. The van der Waals surface area contributed by atoms with Gasteiger partial charge in [0.2, 0.25) is 0 Å². The number of methoxy groups -OCH3 is 1. The number of halogens is 1. The topological polar surface area (TPSA) is 47.3 Å². The van der Waals surface area contributed by atoms with Gasteiger partial charge < -0.3 is 15.8 Å². The van der Waals surface area contributed by atoms with Crippen molar-refractivity contribution in [2.45, 2.75) is 6.42 Å². The van der Waals surface area contributed by atoms with E-state index in [2.05, 4.69) is 11.4 Å². The molecule has 0 aliphatic rings. The van der Waals surface area contributed by atoms with Gasteiger partial charge in [-0.05, 0) is 24.6 Å². The molecule has 96 valence electrons. The number of hydrogen-bond donors (Lipinski definition) is 2. The molecule has 1 aromatic heterocycles. The Morgan fingerprint density at radius 1 is 1.33 bits per heavy atom. The van der Waals surface area contributed by atoms with E-state index in [9.17, 15) is 0 Å². The molecule has 0 saturated heterocycles. The van der Waals surface area contributed by atoms with Crippen LogP contribution < -0.4 is 15.8 Å². The van der Waals surface area contributed by atoms with Crippen LogP contribution in [0.1, 0.15) is 4.88 Å². The Morgan fingerprint density at radius 3 is 2.83 bits per heavy atom. The third kappa shape index (κ3) is 3.55. The van der Waals surface area contributed by atoms with Gasteiger partial charge in [0.25, 0.3) is 0 Å². The molecule has 0 amide bonds. The third-order valence-corrected chi connectivity index (χ3v) is 3.78. The second-order valence-corrected chi connectivity index (χ2v) is 5.68. The zero-order valence-electron chi connectivity index (χ0n) is 10.1. The number of anilines is 2. The molecule has 2 aromatic rings. The lowest BCUT2D eigenvalue weighted by molar-refractivity contribution is 0.415. The van der Waals surface area contributed by atoms with E-state index in [-0.39, 0.29) is 0 Å². The van der Waals surface area contributed by atoms with Crippen molar-refractivity contribution in [3.8, 4) is 5.75 Å². The van der Waals surface area contributed by atoms with Gasteiger partial charge in [-0.2, -0.15) is 0 Å². The lowest BCUT2D eigenvalue weighted by atomic mass is 10.2. The van der Waals surface area contributed by atoms with Crippen molar-refractivity contribution in [2.24, 2.45) is 0 Å². The monoisotopic (exact) mass is 282 g/mol. The summed E-state index contributed by atoms with van der Waals surface area (Å²) in [5.41, 5.74) is 7.44. The van der Waals surface area contributed by atoms with Gasteiger partial charge in [-0.15, -0.1) is 11.3 Å². The summed E-state index contributed by atoms with van der Waals surface area (Å²) in [5.74, 6) is 0.761. The fraction of sp³-hybridized carbons (Fsp3) is 0.231. The first-order chi connectivity index (χ1) is 8.67. The van der Waals surface area contributed by atoms with Gasteiger partial charge >= 0.3 is 0 Å². The second-order valence-electron chi connectivity index (χ2n) is 3.88. The van der Waals surface area contributed by atoms with Crippen LogP contribution >= 0.6 is 22.9 Å². The molecule has 0 radical (unpaired) electrons. The van der Waals surface area contributed by atoms with Crippen molar-refractivity contribution in [3.05, 3.63) is 39.5 Å². The van der Waals surface area contributed by atoms with Crippen LogP contribution in [0.25, 0.3) is 0 Å². The summed E-state index contributed by atoms with van der Waals surface area (Å²) in [5, 5.41) is 3.32. The zero-order valence-corrected chi connectivity index (χ0v) is 11.6. The summed E-state index contributed by atoms with van der Waals surface area (Å²) in [6, 6.07) is 9.59. The molecule has 0 saturated carbocycles. The third-order valence-electron chi connectivity index (χ3n) is 2.49. The molecule has 3 N–H and O–H groups in total. The molecule has 1 aromatic carbocycles. The van der Waals surface area contributed by atoms with Crippen molar-refractivity contribution in [3.63, 3.8) is 0 Å². The van der Waals surface area contributed by atoms with Crippen LogP contribution in [0.3, 0.4) is 0 Å². The van der Waals surface area contributed by atoms with Crippen LogP contribution in [-0.4, -0.2) is 13.7 Å². The highest BCUT2D eigenvalue weighted by Crippen LogP contribution is 2.23. The van der Waals surface area contributed by atoms with Crippen LogP contribution in [-0.2, 0) is 6.42 Å². The minimum atomic E-state index is 0.691. The minimum absolute atomic E-state index is 0.691. The van der Waals surface area contributed by atoms with Gasteiger partial charge in [0.05, 0.1) is 11.4 Å². The zero-order chi connectivity index (χ0) is 13.0. The highest BCUT2D eigenvalue weighted by molar-refractivity contribution is 7.16. The summed E-state index contributed by atoms with van der Waals surface area (Å²) < 4.78 is 6.00. The van der Waals surface area contributed by atoms with Crippen molar-refractivity contribution >= 4 is 34.3 Å². The van der Waals surface area contributed by atoms with Gasteiger partial charge in [-0.3, -0.25) is 0 Å². The van der Waals surface area contributed by atoms with E-state index in [0.29, 0.717) is 5.69 Å². The molecule has 0 spiro atoms. The number of nitrogen functional groups attached to an aromatic ring is 1. The molecule has 2 rings (SSSR count). The van der Waals surface area contributed by atoms with E-state index in [4.69, 9.17) is 22.1 Å². The number of nitrogens with one attached hydrogen (secondary N) is 1. The summed E-state index contributed by atoms with van der Waals surface area (Å²) in [7, 11) is 1.63. The number of hydrogen-bond acceptors (Lipinski definition) is 4. The number of rotatable bonds is 5. The van der Waals surface area contributed by atoms with E-state index in [0.717, 1.165) is 28.7 Å². The highest BCUT2D eigenvalue weighted by Gasteiger charge is 2.00. The number of benzene rings is 1. The van der Waals surface area contributed by atoms with Crippen LogP contribution in [0.15, 0.2) is 30.3 Å². The molecule has 18 heavy (non-hydrogen) atoms. The molecule has 3 nitrogen and oxygen atoms in total. The molecular formula is C13H15ClN2OS. The van der Waals surface area contributed by atoms with E-state index < -0.39 is 0 Å². The molecular weight excluding hydrogens is 268 g/mol. The predicted molar refractivity (Wildman–Crippen MR) is 78.9 cm³/mol. The molecule has 0 fully saturated rings. The van der Waals surface area contributed by atoms with E-state index in [1.165, 1.54) is 4.88 Å². The Hall–Kier alpha value is -1.39. The lowest BCUT2D eigenvalue weighted by Crippen LogP contribution is -2.04. The summed E-state index contributed by atoms with van der Waals surface area (Å²) in [6.07, 6.45) is 0.939. The maximum Gasteiger partial charge on any atom is 0.122 e. The summed E-state index contributed by atoms with van der Waals surface area (Å²) >= 11 is 7.49. The van der Waals surface area contributed by atoms with Crippen molar-refractivity contribution in [1.29, 1.82) is 0 Å². The summed E-state index contributed by atoms with van der Waals surface area (Å²) in [4.78, 5) is 1.27. The quantitative estimate of drug-likeness (QED) is 0.823. The minimum Gasteiger partial charge on any atom is -0.497 e. The first-order valence-corrected chi connectivity index (χ1v) is 6.79. The van der Waals surface area contributed by atoms with Gasteiger partial charge in [0.1, 0.15) is 5.75 Å². The Bertz CT molecular complexity index is 527. The molecule has 0 aliphatic carbocycles. The van der Waals surface area contributed by atoms with Crippen LogP contribution in [0, 0.1) is 0 Å². The van der Waals surface area contributed by atoms with Crippen molar-refractivity contribution in [1.82, 2.24) is 0 Å². The average Bonchev–Trinajstić information content (AvgIpc) is 2.74. The van der Waals surface area contributed by atoms with Crippen molar-refractivity contribution < 1.29 is 4.74 Å². The molecule has 0 unspecified atom stereocenters. The Kier molecular flexibility index (Phi) is 4.33. The molecule has 1 heterocycles. The van der Waals surface area contributed by atoms with Gasteiger partial charge in [-0.1, -0.05) is 11.6 Å². The maximum atomic E-state index is 5.88. The van der Waals surface area contributed by atoms with Crippen LogP contribution in [0.5, 0.6) is 5.75 Å². The highest BCUT2D eigenvalue weighted by atomic mass is 35.5. The number of nitrogens with two attached hydrogens (primary N) is 1. The fourth-order valence-corrected chi connectivity index (χ4v) is 2.75.